The number of hydrogen-bond acceptors (Lipinski definition) is 3. The molecular formula is C27H37N5O. The Kier molecular flexibility index (Phi) is 9.07. The summed E-state index contributed by atoms with van der Waals surface area (Å²) in [5, 5.41) is 11.4. The minimum atomic E-state index is 0.238. The lowest BCUT2D eigenvalue weighted by Gasteiger charge is -2.18. The predicted molar refractivity (Wildman–Crippen MR) is 135 cm³/mol. The van der Waals surface area contributed by atoms with Crippen LogP contribution in [-0.4, -0.2) is 28.3 Å². The van der Waals surface area contributed by atoms with Gasteiger partial charge in [0, 0.05) is 25.3 Å². The van der Waals surface area contributed by atoms with Gasteiger partial charge in [-0.1, -0.05) is 54.6 Å². The summed E-state index contributed by atoms with van der Waals surface area (Å²) in [6, 6.07) is 18.9. The maximum Gasteiger partial charge on any atom is 0.191 e. The molecule has 0 amide bonds. The average molecular weight is 448 g/mol. The van der Waals surface area contributed by atoms with Crippen molar-refractivity contribution in [3.8, 4) is 0 Å². The van der Waals surface area contributed by atoms with Gasteiger partial charge >= 0.3 is 0 Å². The van der Waals surface area contributed by atoms with Crippen molar-refractivity contribution in [1.29, 1.82) is 0 Å². The zero-order valence-electron chi connectivity index (χ0n) is 20.6. The lowest BCUT2D eigenvalue weighted by atomic mass is 10.1. The summed E-state index contributed by atoms with van der Waals surface area (Å²) in [4.78, 5) is 4.82. The van der Waals surface area contributed by atoms with E-state index in [1.165, 1.54) is 22.4 Å². The zero-order valence-corrected chi connectivity index (χ0v) is 20.6. The number of aryl methyl sites for hydroxylation is 2. The van der Waals surface area contributed by atoms with E-state index in [-0.39, 0.29) is 6.04 Å². The van der Waals surface area contributed by atoms with Crippen molar-refractivity contribution in [1.82, 2.24) is 20.4 Å². The van der Waals surface area contributed by atoms with Gasteiger partial charge in [0.05, 0.1) is 25.5 Å². The van der Waals surface area contributed by atoms with Gasteiger partial charge < -0.3 is 15.4 Å². The quantitative estimate of drug-likeness (QED) is 0.356. The van der Waals surface area contributed by atoms with E-state index in [9.17, 15) is 0 Å². The van der Waals surface area contributed by atoms with Crippen molar-refractivity contribution in [2.75, 3.05) is 6.54 Å². The molecule has 0 saturated carbocycles. The van der Waals surface area contributed by atoms with E-state index >= 15 is 0 Å². The van der Waals surface area contributed by atoms with Gasteiger partial charge in [-0.15, -0.1) is 0 Å². The fourth-order valence-corrected chi connectivity index (χ4v) is 3.87. The molecule has 2 aromatic carbocycles. The molecule has 6 nitrogen and oxygen atoms in total. The molecule has 0 aliphatic rings. The van der Waals surface area contributed by atoms with Crippen molar-refractivity contribution in [2.45, 2.75) is 59.9 Å². The maximum atomic E-state index is 5.89. The molecule has 1 aromatic heterocycles. The van der Waals surface area contributed by atoms with Crippen LogP contribution in [0.25, 0.3) is 0 Å². The summed E-state index contributed by atoms with van der Waals surface area (Å²) < 4.78 is 7.84. The second kappa shape index (κ2) is 12.2. The van der Waals surface area contributed by atoms with E-state index in [1.807, 2.05) is 29.9 Å². The molecule has 1 atom stereocenters. The van der Waals surface area contributed by atoms with Gasteiger partial charge in [0.2, 0.25) is 0 Å². The number of guanidine groups is 1. The van der Waals surface area contributed by atoms with Crippen molar-refractivity contribution in [3.05, 3.63) is 88.2 Å². The fraction of sp³-hybridized carbons (Fsp3) is 0.407. The molecule has 0 spiro atoms. The SMILES string of the molecule is CCNC(=NCc1cccc(COCc2ccccc2)c1)NC(C)Cc1c(C)nn(C)c1C. The summed E-state index contributed by atoms with van der Waals surface area (Å²) in [6.07, 6.45) is 0.907. The number of aromatic nitrogens is 2. The highest BCUT2D eigenvalue weighted by Gasteiger charge is 2.14. The van der Waals surface area contributed by atoms with Gasteiger partial charge in [0.15, 0.2) is 5.96 Å². The first-order valence-corrected chi connectivity index (χ1v) is 11.7. The van der Waals surface area contributed by atoms with Gasteiger partial charge in [0.1, 0.15) is 0 Å². The molecule has 6 heteroatoms. The minimum absolute atomic E-state index is 0.238. The van der Waals surface area contributed by atoms with E-state index in [2.05, 4.69) is 79.8 Å². The fourth-order valence-electron chi connectivity index (χ4n) is 3.87. The highest BCUT2D eigenvalue weighted by atomic mass is 16.5. The Morgan fingerprint density at radius 2 is 1.73 bits per heavy atom. The van der Waals surface area contributed by atoms with Crippen molar-refractivity contribution in [2.24, 2.45) is 12.0 Å². The molecule has 3 aromatic rings. The highest BCUT2D eigenvalue weighted by Crippen LogP contribution is 2.14. The van der Waals surface area contributed by atoms with E-state index in [0.717, 1.165) is 30.2 Å². The summed E-state index contributed by atoms with van der Waals surface area (Å²) >= 11 is 0. The molecule has 3 rings (SSSR count). The van der Waals surface area contributed by atoms with Gasteiger partial charge in [0.25, 0.3) is 0 Å². The van der Waals surface area contributed by atoms with E-state index in [4.69, 9.17) is 9.73 Å². The number of nitrogens with one attached hydrogen (secondary N) is 2. The Hall–Kier alpha value is -3.12. The predicted octanol–water partition coefficient (Wildman–Crippen LogP) is 4.44. The van der Waals surface area contributed by atoms with Crippen LogP contribution in [0.4, 0.5) is 0 Å². The van der Waals surface area contributed by atoms with Crippen molar-refractivity contribution < 1.29 is 4.74 Å². The Morgan fingerprint density at radius 1 is 1.03 bits per heavy atom. The van der Waals surface area contributed by atoms with Gasteiger partial charge in [-0.05, 0) is 56.4 Å². The molecule has 0 aliphatic carbocycles. The van der Waals surface area contributed by atoms with Gasteiger partial charge in [-0.25, -0.2) is 4.99 Å². The number of ether oxygens (including phenoxy) is 1. The number of aliphatic imine (C=N–C) groups is 1. The van der Waals surface area contributed by atoms with E-state index < -0.39 is 0 Å². The van der Waals surface area contributed by atoms with Crippen molar-refractivity contribution >= 4 is 5.96 Å². The molecule has 2 N–H and O–H groups in total. The van der Waals surface area contributed by atoms with Gasteiger partial charge in [-0.3, -0.25) is 4.68 Å². The number of nitrogens with zero attached hydrogens (tertiary/aromatic N) is 3. The average Bonchev–Trinajstić information content (AvgIpc) is 3.04. The van der Waals surface area contributed by atoms with Crippen LogP contribution in [0.15, 0.2) is 59.6 Å². The highest BCUT2D eigenvalue weighted by molar-refractivity contribution is 5.80. The first-order chi connectivity index (χ1) is 16.0. The Labute approximate surface area is 198 Å². The Balaban J connectivity index is 1.56. The molecule has 1 heterocycles. The van der Waals surface area contributed by atoms with Gasteiger partial charge in [-0.2, -0.15) is 5.10 Å². The zero-order chi connectivity index (χ0) is 23.6. The number of rotatable bonds is 10. The molecule has 0 aliphatic heterocycles. The van der Waals surface area contributed by atoms with Crippen LogP contribution in [-0.2, 0) is 38.0 Å². The molecule has 176 valence electrons. The smallest absolute Gasteiger partial charge is 0.191 e. The number of benzene rings is 2. The summed E-state index contributed by atoms with van der Waals surface area (Å²) in [5.41, 5.74) is 7.13. The summed E-state index contributed by atoms with van der Waals surface area (Å²) in [6.45, 7) is 11.1. The lowest BCUT2D eigenvalue weighted by Crippen LogP contribution is -2.43. The topological polar surface area (TPSA) is 63.5 Å². The van der Waals surface area contributed by atoms with Crippen LogP contribution in [0, 0.1) is 13.8 Å². The first kappa shape index (κ1) is 24.5. The van der Waals surface area contributed by atoms with Crippen LogP contribution in [0.3, 0.4) is 0 Å². The number of hydrogen-bond donors (Lipinski definition) is 2. The monoisotopic (exact) mass is 447 g/mol. The summed E-state index contributed by atoms with van der Waals surface area (Å²) in [7, 11) is 2.00. The van der Waals surface area contributed by atoms with Crippen molar-refractivity contribution in [3.63, 3.8) is 0 Å². The Bertz CT molecular complexity index is 1040. The van der Waals surface area contributed by atoms with Crippen LogP contribution in [0.5, 0.6) is 0 Å². The minimum Gasteiger partial charge on any atom is -0.372 e. The molecule has 0 bridgehead atoms. The molecule has 0 fully saturated rings. The summed E-state index contributed by atoms with van der Waals surface area (Å²) in [5.74, 6) is 0.829. The van der Waals surface area contributed by atoms with Crippen LogP contribution in [0.1, 0.15) is 47.5 Å². The second-order valence-corrected chi connectivity index (χ2v) is 8.52. The third-order valence-electron chi connectivity index (χ3n) is 5.69. The third kappa shape index (κ3) is 7.46. The largest absolute Gasteiger partial charge is 0.372 e. The standard InChI is InChI=1S/C27H37N5O/c1-6-28-27(30-20(2)15-26-21(3)31-32(5)22(26)4)29-17-24-13-10-14-25(16-24)19-33-18-23-11-8-7-9-12-23/h7-14,16,20H,6,15,17-19H2,1-5H3,(H2,28,29,30). The molecule has 0 saturated heterocycles. The molecule has 33 heavy (non-hydrogen) atoms. The normalized spacial score (nSPS) is 12.6. The molecule has 0 radical (unpaired) electrons. The van der Waals surface area contributed by atoms with Crippen LogP contribution >= 0.6 is 0 Å². The molecular weight excluding hydrogens is 410 g/mol. The van der Waals surface area contributed by atoms with Crippen LogP contribution in [0.2, 0.25) is 0 Å². The van der Waals surface area contributed by atoms with E-state index in [0.29, 0.717) is 19.8 Å². The first-order valence-electron chi connectivity index (χ1n) is 11.7. The second-order valence-electron chi connectivity index (χ2n) is 8.52. The Morgan fingerprint density at radius 3 is 2.42 bits per heavy atom. The maximum absolute atomic E-state index is 5.89. The molecule has 1 unspecified atom stereocenters. The lowest BCUT2D eigenvalue weighted by molar-refractivity contribution is 0.107. The van der Waals surface area contributed by atoms with E-state index in [1.54, 1.807) is 0 Å². The van der Waals surface area contributed by atoms with Crippen LogP contribution < -0.4 is 10.6 Å². The third-order valence-corrected chi connectivity index (χ3v) is 5.69.